The van der Waals surface area contributed by atoms with Gasteiger partial charge < -0.3 is 19.6 Å². The zero-order valence-electron chi connectivity index (χ0n) is 26.9. The van der Waals surface area contributed by atoms with Crippen LogP contribution < -0.4 is 9.64 Å². The van der Waals surface area contributed by atoms with E-state index < -0.39 is 39.3 Å². The number of alkyl halides is 2. The lowest BCUT2D eigenvalue weighted by atomic mass is 9.92. The van der Waals surface area contributed by atoms with Gasteiger partial charge in [-0.2, -0.15) is 9.97 Å². The van der Waals surface area contributed by atoms with Crippen LogP contribution in [0.4, 0.5) is 29.1 Å². The smallest absolute Gasteiger partial charge is 0.319 e. The third-order valence-corrected chi connectivity index (χ3v) is 10.1. The van der Waals surface area contributed by atoms with E-state index in [2.05, 4.69) is 15.9 Å². The van der Waals surface area contributed by atoms with Crippen molar-refractivity contribution in [3.63, 3.8) is 0 Å². The summed E-state index contributed by atoms with van der Waals surface area (Å²) in [7, 11) is 0. The number of β-amino-alcohol motifs (C(OH)–C–C–N with tert-alkyl or cyclic N) is 1. The third kappa shape index (κ3) is 6.35. The van der Waals surface area contributed by atoms with Crippen molar-refractivity contribution >= 4 is 33.2 Å². The second-order valence-electron chi connectivity index (χ2n) is 14.0. The predicted molar refractivity (Wildman–Crippen MR) is 177 cm³/mol. The molecule has 1 aromatic heterocycles. The minimum atomic E-state index is -2.65. The van der Waals surface area contributed by atoms with E-state index in [4.69, 9.17) is 11.2 Å². The van der Waals surface area contributed by atoms with Gasteiger partial charge in [-0.05, 0) is 44.1 Å². The van der Waals surface area contributed by atoms with Crippen LogP contribution >= 0.6 is 0 Å². The van der Waals surface area contributed by atoms with Crippen LogP contribution in [-0.4, -0.2) is 75.8 Å². The Morgan fingerprint density at radius 3 is 2.51 bits per heavy atom. The molecule has 1 atom stereocenters. The minimum Gasteiger partial charge on any atom is -0.463 e. The van der Waals surface area contributed by atoms with Crippen molar-refractivity contribution in [3.8, 4) is 29.5 Å². The van der Waals surface area contributed by atoms with Crippen molar-refractivity contribution in [2.24, 2.45) is 5.41 Å². The SMILES string of the molecule is C#Cc1c(F)ccc2cccc(-c3c([N+](=O)[O-])cc4c(N5CCC[C@@](C)(O)C5)nc(OCC5(CN6CCC(F)(F)CC6)CC5)nc4c3F)c12. The van der Waals surface area contributed by atoms with Crippen molar-refractivity contribution in [2.75, 3.05) is 44.2 Å². The van der Waals surface area contributed by atoms with E-state index in [1.807, 2.05) is 4.90 Å². The standard InChI is InChI=1S/C36H35F4N5O4/c1-3-23-26(37)9-8-22-6-4-7-24(28(22)23)29-27(45(47)48)18-25-31(30(29)38)41-33(42-32(25)44-15-5-10-34(2,46)19-44)49-21-35(11-12-35)20-43-16-13-36(39,40)14-17-43/h1,4,6-9,18,46H,5,10-17,19-21H2,2H3/t34-/m1/s1. The van der Waals surface area contributed by atoms with Gasteiger partial charge in [-0.25, -0.2) is 17.6 Å². The molecule has 3 heterocycles. The van der Waals surface area contributed by atoms with Crippen molar-refractivity contribution in [2.45, 2.75) is 57.0 Å². The molecule has 9 nitrogen and oxygen atoms in total. The number of nitro groups is 1. The fourth-order valence-electron chi connectivity index (χ4n) is 7.24. The lowest BCUT2D eigenvalue weighted by Crippen LogP contribution is -2.46. The van der Waals surface area contributed by atoms with Gasteiger partial charge in [-0.15, -0.1) is 6.42 Å². The zero-order chi connectivity index (χ0) is 34.7. The maximum atomic E-state index is 17.0. The highest BCUT2D eigenvalue weighted by atomic mass is 19.3. The molecule has 0 amide bonds. The number of nitro benzene ring substituents is 1. The van der Waals surface area contributed by atoms with Gasteiger partial charge in [0, 0.05) is 68.0 Å². The van der Waals surface area contributed by atoms with Gasteiger partial charge in [-0.3, -0.25) is 10.1 Å². The molecule has 3 fully saturated rings. The molecule has 7 rings (SSSR count). The van der Waals surface area contributed by atoms with Gasteiger partial charge in [0.15, 0.2) is 5.82 Å². The Labute approximate surface area is 280 Å². The molecule has 13 heteroatoms. The van der Waals surface area contributed by atoms with Crippen LogP contribution in [0.2, 0.25) is 0 Å². The number of terminal acetylenes is 1. The van der Waals surface area contributed by atoms with Crippen LogP contribution in [0, 0.1) is 39.5 Å². The molecule has 256 valence electrons. The Hall–Kier alpha value is -4.54. The molecule has 0 radical (unpaired) electrons. The van der Waals surface area contributed by atoms with Crippen molar-refractivity contribution in [1.29, 1.82) is 0 Å². The van der Waals surface area contributed by atoms with E-state index >= 15 is 4.39 Å². The number of halogens is 4. The van der Waals surface area contributed by atoms with Gasteiger partial charge in [0.25, 0.3) is 11.6 Å². The number of rotatable bonds is 8. The molecule has 1 saturated carbocycles. The van der Waals surface area contributed by atoms with E-state index in [0.717, 1.165) is 12.8 Å². The Morgan fingerprint density at radius 1 is 1.08 bits per heavy atom. The molecule has 2 saturated heterocycles. The van der Waals surface area contributed by atoms with E-state index in [1.165, 1.54) is 24.3 Å². The van der Waals surface area contributed by atoms with Crippen molar-refractivity contribution in [1.82, 2.24) is 14.9 Å². The normalized spacial score (nSPS) is 21.9. The van der Waals surface area contributed by atoms with Gasteiger partial charge in [0.2, 0.25) is 0 Å². The first kappa shape index (κ1) is 33.0. The number of hydrogen-bond acceptors (Lipinski definition) is 8. The second kappa shape index (κ2) is 12.1. The molecular formula is C36H35F4N5O4. The maximum Gasteiger partial charge on any atom is 0.319 e. The molecule has 3 aromatic carbocycles. The maximum absolute atomic E-state index is 17.0. The average molecular weight is 678 g/mol. The third-order valence-electron chi connectivity index (χ3n) is 10.1. The molecule has 1 aliphatic carbocycles. The molecule has 0 bridgehead atoms. The number of aromatic nitrogens is 2. The van der Waals surface area contributed by atoms with E-state index in [9.17, 15) is 28.4 Å². The van der Waals surface area contributed by atoms with Crippen LogP contribution in [0.25, 0.3) is 32.8 Å². The quantitative estimate of drug-likeness (QED) is 0.0934. The Bertz CT molecular complexity index is 2020. The summed E-state index contributed by atoms with van der Waals surface area (Å²) in [5.41, 5.74) is -2.76. The molecular weight excluding hydrogens is 642 g/mol. The number of likely N-dealkylation sites (tertiary alicyclic amines) is 1. The largest absolute Gasteiger partial charge is 0.463 e. The van der Waals surface area contributed by atoms with Crippen LogP contribution in [0.15, 0.2) is 36.4 Å². The highest BCUT2D eigenvalue weighted by Gasteiger charge is 2.47. The van der Waals surface area contributed by atoms with E-state index in [0.29, 0.717) is 31.3 Å². The van der Waals surface area contributed by atoms with Crippen LogP contribution in [-0.2, 0) is 0 Å². The summed E-state index contributed by atoms with van der Waals surface area (Å²) in [6.07, 6.45) is 8.01. The van der Waals surface area contributed by atoms with Crippen molar-refractivity contribution in [3.05, 3.63) is 63.7 Å². The van der Waals surface area contributed by atoms with Gasteiger partial charge in [0.1, 0.15) is 17.2 Å². The summed E-state index contributed by atoms with van der Waals surface area (Å²) in [5, 5.41) is 24.2. The topological polar surface area (TPSA) is 105 Å². The van der Waals surface area contributed by atoms with Gasteiger partial charge in [0.05, 0.1) is 33.6 Å². The molecule has 1 N–H and O–H groups in total. The van der Waals surface area contributed by atoms with E-state index in [1.54, 1.807) is 24.0 Å². The number of piperidine rings is 2. The lowest BCUT2D eigenvalue weighted by molar-refractivity contribution is -0.384. The number of aliphatic hydroxyl groups is 1. The van der Waals surface area contributed by atoms with Gasteiger partial charge >= 0.3 is 6.01 Å². The number of ether oxygens (including phenoxy) is 1. The first-order chi connectivity index (χ1) is 23.3. The number of anilines is 1. The first-order valence-corrected chi connectivity index (χ1v) is 16.4. The summed E-state index contributed by atoms with van der Waals surface area (Å²) < 4.78 is 65.6. The Kier molecular flexibility index (Phi) is 8.15. The average Bonchev–Trinajstić information content (AvgIpc) is 3.83. The molecule has 0 unspecified atom stereocenters. The summed E-state index contributed by atoms with van der Waals surface area (Å²) >= 11 is 0. The highest BCUT2D eigenvalue weighted by Crippen LogP contribution is 2.48. The van der Waals surface area contributed by atoms with Gasteiger partial charge in [-0.1, -0.05) is 30.2 Å². The monoisotopic (exact) mass is 677 g/mol. The lowest BCUT2D eigenvalue weighted by Gasteiger charge is -2.38. The molecule has 3 aliphatic rings. The molecule has 49 heavy (non-hydrogen) atoms. The zero-order valence-corrected chi connectivity index (χ0v) is 26.9. The van der Waals surface area contributed by atoms with Crippen LogP contribution in [0.5, 0.6) is 6.01 Å². The Morgan fingerprint density at radius 2 is 1.84 bits per heavy atom. The predicted octanol–water partition coefficient (Wildman–Crippen LogP) is 6.86. The summed E-state index contributed by atoms with van der Waals surface area (Å²) in [6, 6.07) is 8.40. The Balaban J connectivity index is 1.35. The number of hydrogen-bond donors (Lipinski definition) is 1. The highest BCUT2D eigenvalue weighted by molar-refractivity contribution is 6.06. The van der Waals surface area contributed by atoms with E-state index in [-0.39, 0.29) is 83.7 Å². The molecule has 0 spiro atoms. The fourth-order valence-corrected chi connectivity index (χ4v) is 7.24. The first-order valence-electron chi connectivity index (χ1n) is 16.4. The molecule has 4 aromatic rings. The second-order valence-corrected chi connectivity index (χ2v) is 14.0. The fraction of sp³-hybridized carbons (Fsp3) is 0.444. The minimum absolute atomic E-state index is 0.0311. The summed E-state index contributed by atoms with van der Waals surface area (Å²) in [5.74, 6) is -1.93. The van der Waals surface area contributed by atoms with Crippen LogP contribution in [0.1, 0.15) is 51.0 Å². The number of nitrogens with zero attached hydrogens (tertiary/aromatic N) is 5. The van der Waals surface area contributed by atoms with Crippen molar-refractivity contribution < 1.29 is 32.3 Å². The summed E-state index contributed by atoms with van der Waals surface area (Å²) in [4.78, 5) is 24.7. The summed E-state index contributed by atoms with van der Waals surface area (Å²) in [6.45, 7) is 3.55. The number of benzene rings is 3. The van der Waals surface area contributed by atoms with Crippen LogP contribution in [0.3, 0.4) is 0 Å². The number of fused-ring (bicyclic) bond motifs is 2. The molecule has 2 aliphatic heterocycles.